The van der Waals surface area contributed by atoms with Crippen molar-refractivity contribution in [1.82, 2.24) is 9.97 Å². The molecule has 0 aliphatic carbocycles. The Morgan fingerprint density at radius 2 is 2.06 bits per heavy atom. The van der Waals surface area contributed by atoms with Crippen LogP contribution >= 0.6 is 0 Å². The predicted molar refractivity (Wildman–Crippen MR) is 65.0 cm³/mol. The number of carbonyl (C=O) groups is 1. The normalized spacial score (nSPS) is 10.9. The number of hydrogen-bond acceptors (Lipinski definition) is 1. The minimum absolute atomic E-state index is 0.126. The van der Waals surface area contributed by atoms with Gasteiger partial charge in [-0.05, 0) is 30.3 Å². The Labute approximate surface area is 101 Å². The highest BCUT2D eigenvalue weighted by molar-refractivity contribution is 5.96. The third-order valence-electron chi connectivity index (χ3n) is 2.85. The Balaban J connectivity index is 2.16. The molecule has 0 amide bonds. The van der Waals surface area contributed by atoms with Crippen molar-refractivity contribution in [2.75, 3.05) is 0 Å². The molecule has 3 N–H and O–H groups in total. The minimum atomic E-state index is -1.01. The highest BCUT2D eigenvalue weighted by Crippen LogP contribution is 2.28. The van der Waals surface area contributed by atoms with Gasteiger partial charge in [0.1, 0.15) is 11.5 Å². The van der Waals surface area contributed by atoms with Crippen molar-refractivity contribution in [1.29, 1.82) is 0 Å². The molecule has 5 heteroatoms. The number of benzene rings is 1. The van der Waals surface area contributed by atoms with Crippen LogP contribution in [0.25, 0.3) is 22.2 Å². The molecule has 0 saturated carbocycles. The molecule has 0 saturated heterocycles. The van der Waals surface area contributed by atoms with Gasteiger partial charge >= 0.3 is 5.97 Å². The molecule has 1 aromatic carbocycles. The number of H-pyrrole nitrogens is 2. The maximum Gasteiger partial charge on any atom is 0.352 e. The van der Waals surface area contributed by atoms with Crippen LogP contribution < -0.4 is 0 Å². The summed E-state index contributed by atoms with van der Waals surface area (Å²) in [6, 6.07) is 7.63. The lowest BCUT2D eigenvalue weighted by Crippen LogP contribution is -1.95. The van der Waals surface area contributed by atoms with Crippen LogP contribution in [0, 0.1) is 5.82 Å². The summed E-state index contributed by atoms with van der Waals surface area (Å²) < 4.78 is 13.1. The first-order valence-electron chi connectivity index (χ1n) is 5.34. The molecular formula is C13H9FN2O2. The maximum absolute atomic E-state index is 13.1. The average Bonchev–Trinajstić information content (AvgIpc) is 2.92. The summed E-state index contributed by atoms with van der Waals surface area (Å²) in [4.78, 5) is 16.6. The third-order valence-corrected chi connectivity index (χ3v) is 2.85. The number of aromatic nitrogens is 2. The van der Waals surface area contributed by atoms with E-state index in [9.17, 15) is 9.18 Å². The van der Waals surface area contributed by atoms with E-state index in [0.29, 0.717) is 11.2 Å². The lowest BCUT2D eigenvalue weighted by atomic mass is 10.1. The van der Waals surface area contributed by atoms with Crippen molar-refractivity contribution < 1.29 is 14.3 Å². The van der Waals surface area contributed by atoms with Gasteiger partial charge in [-0.1, -0.05) is 0 Å². The van der Waals surface area contributed by atoms with Crippen LogP contribution in [0.4, 0.5) is 4.39 Å². The predicted octanol–water partition coefficient (Wildman–Crippen LogP) is 3.00. The van der Waals surface area contributed by atoms with E-state index in [2.05, 4.69) is 9.97 Å². The summed E-state index contributed by atoms with van der Waals surface area (Å²) in [6.45, 7) is 0. The standard InChI is InChI=1S/C13H9FN2O2/c14-7-1-2-8-9(6-15-12(8)5-7)10-3-4-11(16-10)13(17)18/h1-6,15-16H,(H,17,18). The molecule has 0 aliphatic heterocycles. The SMILES string of the molecule is O=C(O)c1ccc(-c2c[nH]c3cc(F)ccc23)[nH]1. The van der Waals surface area contributed by atoms with E-state index >= 15 is 0 Å². The minimum Gasteiger partial charge on any atom is -0.477 e. The zero-order chi connectivity index (χ0) is 12.7. The number of hydrogen-bond donors (Lipinski definition) is 3. The molecule has 0 atom stereocenters. The number of carboxylic acids is 1. The van der Waals surface area contributed by atoms with Gasteiger partial charge in [0.2, 0.25) is 0 Å². The number of fused-ring (bicyclic) bond motifs is 1. The van der Waals surface area contributed by atoms with Crippen LogP contribution in [-0.4, -0.2) is 21.0 Å². The van der Waals surface area contributed by atoms with E-state index in [1.807, 2.05) is 0 Å². The summed E-state index contributed by atoms with van der Waals surface area (Å²) >= 11 is 0. The highest BCUT2D eigenvalue weighted by Gasteiger charge is 2.11. The van der Waals surface area contributed by atoms with Gasteiger partial charge in [-0.15, -0.1) is 0 Å². The van der Waals surface area contributed by atoms with E-state index in [1.54, 1.807) is 18.3 Å². The van der Waals surface area contributed by atoms with Gasteiger partial charge in [-0.3, -0.25) is 0 Å². The molecule has 4 nitrogen and oxygen atoms in total. The second kappa shape index (κ2) is 3.73. The van der Waals surface area contributed by atoms with Gasteiger partial charge in [0.05, 0.1) is 0 Å². The molecule has 0 fully saturated rings. The Hall–Kier alpha value is -2.56. The topological polar surface area (TPSA) is 68.9 Å². The monoisotopic (exact) mass is 244 g/mol. The van der Waals surface area contributed by atoms with Gasteiger partial charge in [-0.25, -0.2) is 9.18 Å². The van der Waals surface area contributed by atoms with Gasteiger partial charge in [-0.2, -0.15) is 0 Å². The number of rotatable bonds is 2. The fourth-order valence-electron chi connectivity index (χ4n) is 2.00. The van der Waals surface area contributed by atoms with E-state index in [1.165, 1.54) is 18.2 Å². The average molecular weight is 244 g/mol. The Morgan fingerprint density at radius 3 is 2.78 bits per heavy atom. The molecule has 2 heterocycles. The van der Waals surface area contributed by atoms with Crippen molar-refractivity contribution in [2.24, 2.45) is 0 Å². The number of carboxylic acid groups (broad SMARTS) is 1. The van der Waals surface area contributed by atoms with E-state index in [-0.39, 0.29) is 11.5 Å². The van der Waals surface area contributed by atoms with Gasteiger partial charge < -0.3 is 15.1 Å². The summed E-state index contributed by atoms with van der Waals surface area (Å²) in [7, 11) is 0. The Bertz CT molecular complexity index is 742. The van der Waals surface area contributed by atoms with Crippen molar-refractivity contribution in [2.45, 2.75) is 0 Å². The number of aromatic amines is 2. The molecule has 2 aromatic heterocycles. The lowest BCUT2D eigenvalue weighted by Gasteiger charge is -1.96. The zero-order valence-corrected chi connectivity index (χ0v) is 9.20. The molecule has 0 aliphatic rings. The number of nitrogens with one attached hydrogen (secondary N) is 2. The van der Waals surface area contributed by atoms with Gasteiger partial charge in [0.25, 0.3) is 0 Å². The van der Waals surface area contributed by atoms with Crippen LogP contribution in [0.15, 0.2) is 36.5 Å². The van der Waals surface area contributed by atoms with E-state index < -0.39 is 5.97 Å². The number of halogens is 1. The van der Waals surface area contributed by atoms with Crippen molar-refractivity contribution >= 4 is 16.9 Å². The summed E-state index contributed by atoms with van der Waals surface area (Å²) in [6.07, 6.45) is 1.72. The van der Waals surface area contributed by atoms with Gasteiger partial charge in [0, 0.05) is 28.4 Å². The van der Waals surface area contributed by atoms with Crippen LogP contribution in [0.5, 0.6) is 0 Å². The molecule has 0 unspecified atom stereocenters. The van der Waals surface area contributed by atoms with Crippen molar-refractivity contribution in [3.63, 3.8) is 0 Å². The number of aromatic carboxylic acids is 1. The first-order chi connectivity index (χ1) is 8.65. The summed E-state index contributed by atoms with van der Waals surface area (Å²) in [5, 5.41) is 9.70. The Kier molecular flexibility index (Phi) is 2.19. The van der Waals surface area contributed by atoms with Crippen molar-refractivity contribution in [3.05, 3.63) is 48.0 Å². The smallest absolute Gasteiger partial charge is 0.352 e. The van der Waals surface area contributed by atoms with Crippen molar-refractivity contribution in [3.8, 4) is 11.3 Å². The fourth-order valence-corrected chi connectivity index (χ4v) is 2.00. The summed E-state index contributed by atoms with van der Waals surface area (Å²) in [5.74, 6) is -1.32. The second-order valence-corrected chi connectivity index (χ2v) is 3.98. The largest absolute Gasteiger partial charge is 0.477 e. The molecule has 0 spiro atoms. The quantitative estimate of drug-likeness (QED) is 0.648. The fraction of sp³-hybridized carbons (Fsp3) is 0. The van der Waals surface area contributed by atoms with E-state index in [0.717, 1.165) is 10.9 Å². The maximum atomic E-state index is 13.1. The third kappa shape index (κ3) is 1.57. The molecule has 0 radical (unpaired) electrons. The first-order valence-corrected chi connectivity index (χ1v) is 5.34. The zero-order valence-electron chi connectivity index (χ0n) is 9.20. The molecule has 90 valence electrons. The molecule has 0 bridgehead atoms. The molecule has 18 heavy (non-hydrogen) atoms. The first kappa shape index (κ1) is 10.6. The van der Waals surface area contributed by atoms with Crippen LogP contribution in [0.1, 0.15) is 10.5 Å². The second-order valence-electron chi connectivity index (χ2n) is 3.98. The highest BCUT2D eigenvalue weighted by atomic mass is 19.1. The van der Waals surface area contributed by atoms with Crippen LogP contribution in [0.2, 0.25) is 0 Å². The van der Waals surface area contributed by atoms with Crippen LogP contribution in [0.3, 0.4) is 0 Å². The van der Waals surface area contributed by atoms with Gasteiger partial charge in [0.15, 0.2) is 0 Å². The molecule has 3 rings (SSSR count). The van der Waals surface area contributed by atoms with Crippen LogP contribution in [-0.2, 0) is 0 Å². The lowest BCUT2D eigenvalue weighted by molar-refractivity contribution is 0.0691. The van der Waals surface area contributed by atoms with E-state index in [4.69, 9.17) is 5.11 Å². The summed E-state index contributed by atoms with van der Waals surface area (Å²) in [5.41, 5.74) is 2.31. The Morgan fingerprint density at radius 1 is 1.22 bits per heavy atom. The molecule has 3 aromatic rings. The molecular weight excluding hydrogens is 235 g/mol.